The predicted molar refractivity (Wildman–Crippen MR) is 132 cm³/mol. The molecule has 1 N–H and O–H groups in total. The zero-order chi connectivity index (χ0) is 24.3. The monoisotopic (exact) mass is 485 g/mol. The molecule has 3 heterocycles. The molecule has 11 heteroatoms. The maximum absolute atomic E-state index is 5.54. The van der Waals surface area contributed by atoms with Gasteiger partial charge in [0.15, 0.2) is 11.5 Å². The maximum atomic E-state index is 5.54. The van der Waals surface area contributed by atoms with E-state index in [0.29, 0.717) is 51.5 Å². The van der Waals surface area contributed by atoms with Crippen molar-refractivity contribution in [1.82, 2.24) is 29.7 Å². The highest BCUT2D eigenvalue weighted by molar-refractivity contribution is 8.01. The molecule has 0 aromatic carbocycles. The molecule has 3 aromatic rings. The third-order valence-corrected chi connectivity index (χ3v) is 6.78. The highest BCUT2D eigenvalue weighted by Crippen LogP contribution is 2.47. The van der Waals surface area contributed by atoms with Gasteiger partial charge in [0.1, 0.15) is 12.0 Å². The zero-order valence-corrected chi connectivity index (χ0v) is 21.2. The molecule has 3 aromatic heterocycles. The second-order valence-electron chi connectivity index (χ2n) is 9.19. The Hall–Kier alpha value is -3.08. The summed E-state index contributed by atoms with van der Waals surface area (Å²) in [4.78, 5) is 13.1. The van der Waals surface area contributed by atoms with Crippen LogP contribution in [-0.4, -0.2) is 56.3 Å². The lowest BCUT2D eigenvalue weighted by molar-refractivity contribution is 0.0905. The van der Waals surface area contributed by atoms with E-state index in [0.717, 1.165) is 12.3 Å². The number of pyridine rings is 1. The summed E-state index contributed by atoms with van der Waals surface area (Å²) >= 11 is 1.62. The molecule has 1 aliphatic carbocycles. The van der Waals surface area contributed by atoms with Crippen LogP contribution in [0.1, 0.15) is 40.0 Å². The van der Waals surface area contributed by atoms with E-state index in [1.165, 1.54) is 19.2 Å². The summed E-state index contributed by atoms with van der Waals surface area (Å²) in [6.45, 7) is 6.89. The lowest BCUT2D eigenvalue weighted by Crippen LogP contribution is -2.33. The van der Waals surface area contributed by atoms with Gasteiger partial charge < -0.3 is 14.2 Å². The number of hydrogen-bond donors (Lipinski definition) is 1. The molecular weight excluding hydrogens is 454 g/mol. The summed E-state index contributed by atoms with van der Waals surface area (Å²) in [5.41, 5.74) is 1.53. The van der Waals surface area contributed by atoms with Crippen molar-refractivity contribution in [3.05, 3.63) is 24.5 Å². The van der Waals surface area contributed by atoms with E-state index in [1.54, 1.807) is 43.9 Å². The Morgan fingerprint density at radius 2 is 1.79 bits per heavy atom. The average Bonchev–Trinajstić information content (AvgIpc) is 3.24. The van der Waals surface area contributed by atoms with Crippen molar-refractivity contribution in [2.45, 2.75) is 45.3 Å². The molecule has 1 saturated carbocycles. The molecule has 1 aliphatic rings. The van der Waals surface area contributed by atoms with Gasteiger partial charge in [-0.2, -0.15) is 9.97 Å². The van der Waals surface area contributed by atoms with E-state index in [1.807, 2.05) is 12.1 Å². The first-order valence-electron chi connectivity index (χ1n) is 11.2. The molecule has 1 fully saturated rings. The number of rotatable bonds is 10. The largest absolute Gasteiger partial charge is 0.481 e. The molecular formula is C23H31N7O3S. The van der Waals surface area contributed by atoms with E-state index in [4.69, 9.17) is 14.2 Å². The van der Waals surface area contributed by atoms with Crippen LogP contribution in [0.15, 0.2) is 24.5 Å². The smallest absolute Gasteiger partial charge is 0.245 e. The first kappa shape index (κ1) is 24.1. The molecule has 0 bridgehead atoms. The van der Waals surface area contributed by atoms with Gasteiger partial charge in [0.2, 0.25) is 23.6 Å². The molecule has 0 aliphatic heterocycles. The molecule has 0 saturated heterocycles. The fourth-order valence-electron chi connectivity index (χ4n) is 4.56. The lowest BCUT2D eigenvalue weighted by Gasteiger charge is -2.43. The van der Waals surface area contributed by atoms with E-state index >= 15 is 0 Å². The SMILES string of the molecule is COc1cccc(-c2nnc(NSC(C)CC3CC(C)(C)C3)n2-c2c(OC)ncnc2OC)n1. The van der Waals surface area contributed by atoms with Crippen LogP contribution >= 0.6 is 11.9 Å². The molecule has 1 atom stereocenters. The molecule has 0 radical (unpaired) electrons. The normalized spacial score (nSPS) is 15.9. The first-order chi connectivity index (χ1) is 16.3. The number of nitrogens with zero attached hydrogens (tertiary/aromatic N) is 6. The van der Waals surface area contributed by atoms with E-state index in [2.05, 4.69) is 50.6 Å². The zero-order valence-electron chi connectivity index (χ0n) is 20.4. The number of methoxy groups -OCH3 is 3. The van der Waals surface area contributed by atoms with Gasteiger partial charge in [-0.1, -0.05) is 26.8 Å². The van der Waals surface area contributed by atoms with E-state index in [9.17, 15) is 0 Å². The standard InChI is InChI=1S/C23H31N7O3S/c1-14(10-15-11-23(2,3)12-15)34-29-22-28-27-19(16-8-7-9-17(26-16)31-4)30(22)18-20(32-5)24-13-25-21(18)33-6/h7-9,13-15H,10-12H2,1-6H3,(H,28,29). The van der Waals surface area contributed by atoms with Crippen molar-refractivity contribution in [3.63, 3.8) is 0 Å². The summed E-state index contributed by atoms with van der Waals surface area (Å²) in [6, 6.07) is 5.46. The predicted octanol–water partition coefficient (Wildman–Crippen LogP) is 4.42. The van der Waals surface area contributed by atoms with Gasteiger partial charge in [-0.3, -0.25) is 4.72 Å². The quantitative estimate of drug-likeness (QED) is 0.414. The molecule has 34 heavy (non-hydrogen) atoms. The number of ether oxygens (including phenoxy) is 3. The summed E-state index contributed by atoms with van der Waals surface area (Å²) in [6.07, 6.45) is 5.07. The summed E-state index contributed by atoms with van der Waals surface area (Å²) < 4.78 is 21.5. The summed E-state index contributed by atoms with van der Waals surface area (Å²) in [7, 11) is 4.66. The second-order valence-corrected chi connectivity index (χ2v) is 10.4. The van der Waals surface area contributed by atoms with Crippen molar-refractivity contribution in [2.24, 2.45) is 11.3 Å². The van der Waals surface area contributed by atoms with Crippen molar-refractivity contribution in [3.8, 4) is 34.8 Å². The number of anilines is 1. The number of nitrogens with one attached hydrogen (secondary N) is 1. The number of hydrogen-bond acceptors (Lipinski definition) is 10. The minimum atomic E-state index is 0.327. The van der Waals surface area contributed by atoms with Gasteiger partial charge in [-0.15, -0.1) is 10.2 Å². The lowest BCUT2D eigenvalue weighted by atomic mass is 9.63. The molecule has 0 amide bonds. The van der Waals surface area contributed by atoms with Crippen molar-refractivity contribution in [1.29, 1.82) is 0 Å². The second kappa shape index (κ2) is 10.0. The highest BCUT2D eigenvalue weighted by Gasteiger charge is 2.36. The van der Waals surface area contributed by atoms with E-state index < -0.39 is 0 Å². The molecule has 4 rings (SSSR count). The third-order valence-electron chi connectivity index (χ3n) is 5.89. The van der Waals surface area contributed by atoms with Crippen LogP contribution in [0.3, 0.4) is 0 Å². The van der Waals surface area contributed by atoms with Crippen LogP contribution in [-0.2, 0) is 0 Å². The van der Waals surface area contributed by atoms with Gasteiger partial charge in [0, 0.05) is 11.3 Å². The van der Waals surface area contributed by atoms with Crippen molar-refractivity contribution >= 4 is 17.9 Å². The molecule has 0 spiro atoms. The fraction of sp³-hybridized carbons (Fsp3) is 0.522. The van der Waals surface area contributed by atoms with Crippen molar-refractivity contribution in [2.75, 3.05) is 26.1 Å². The van der Waals surface area contributed by atoms with Crippen LogP contribution in [0.25, 0.3) is 17.2 Å². The highest BCUT2D eigenvalue weighted by atomic mass is 32.2. The maximum Gasteiger partial charge on any atom is 0.245 e. The van der Waals surface area contributed by atoms with Gasteiger partial charge in [-0.25, -0.2) is 9.55 Å². The number of aromatic nitrogens is 6. The average molecular weight is 486 g/mol. The summed E-state index contributed by atoms with van der Waals surface area (Å²) in [5.74, 6) is 2.86. The van der Waals surface area contributed by atoms with Crippen LogP contribution in [0, 0.1) is 11.3 Å². The van der Waals surface area contributed by atoms with Gasteiger partial charge in [0.05, 0.1) is 21.3 Å². The molecule has 182 valence electrons. The minimum absolute atomic E-state index is 0.327. The van der Waals surface area contributed by atoms with E-state index in [-0.39, 0.29) is 0 Å². The Kier molecular flexibility index (Phi) is 7.11. The summed E-state index contributed by atoms with van der Waals surface area (Å²) in [5, 5.41) is 9.23. The molecule has 1 unspecified atom stereocenters. The Bertz CT molecular complexity index is 1110. The molecule has 10 nitrogen and oxygen atoms in total. The van der Waals surface area contributed by atoms with Gasteiger partial charge in [-0.05, 0) is 48.6 Å². The Labute approximate surface area is 204 Å². The first-order valence-corrected chi connectivity index (χ1v) is 12.0. The Morgan fingerprint density at radius 3 is 2.41 bits per heavy atom. The Morgan fingerprint density at radius 1 is 1.09 bits per heavy atom. The van der Waals surface area contributed by atoms with Crippen LogP contribution in [0.2, 0.25) is 0 Å². The van der Waals surface area contributed by atoms with Crippen LogP contribution in [0.4, 0.5) is 5.95 Å². The van der Waals surface area contributed by atoms with Crippen LogP contribution < -0.4 is 18.9 Å². The van der Waals surface area contributed by atoms with Crippen molar-refractivity contribution < 1.29 is 14.2 Å². The minimum Gasteiger partial charge on any atom is -0.481 e. The van der Waals surface area contributed by atoms with Gasteiger partial charge >= 0.3 is 0 Å². The third kappa shape index (κ3) is 5.03. The van der Waals surface area contributed by atoms with Gasteiger partial charge in [0.25, 0.3) is 0 Å². The topological polar surface area (TPSA) is 109 Å². The fourth-order valence-corrected chi connectivity index (χ4v) is 5.37. The van der Waals surface area contributed by atoms with Crippen LogP contribution in [0.5, 0.6) is 17.6 Å². The Balaban J connectivity index is 1.68.